The van der Waals surface area contributed by atoms with Crippen LogP contribution in [-0.4, -0.2) is 28.9 Å². The second kappa shape index (κ2) is 12.4. The van der Waals surface area contributed by atoms with Crippen molar-refractivity contribution in [2.75, 3.05) is 13.7 Å². The van der Waals surface area contributed by atoms with E-state index in [4.69, 9.17) is 14.5 Å². The summed E-state index contributed by atoms with van der Waals surface area (Å²) in [4.78, 5) is 19.0. The van der Waals surface area contributed by atoms with Gasteiger partial charge < -0.3 is 9.47 Å². The summed E-state index contributed by atoms with van der Waals surface area (Å²) in [6, 6.07) is 24.6. The highest BCUT2D eigenvalue weighted by molar-refractivity contribution is 5.67. The molecule has 39 heavy (non-hydrogen) atoms. The lowest BCUT2D eigenvalue weighted by Gasteiger charge is -2.23. The third kappa shape index (κ3) is 6.66. The molecule has 0 unspecified atom stereocenters. The second-order valence-electron chi connectivity index (χ2n) is 10.6. The Morgan fingerprint density at radius 2 is 1.62 bits per heavy atom. The standard InChI is InChI=1S/C34H40N2O3/c1-7-11-31-30(22-25-14-16-26(17-15-25)29-13-10-9-12-24(29)3)33(37)36(32(8-2)35-31)27-18-20-28(21-19-27)39-23-34(4,5)38-6/h9-10,12-21H,7-8,11,22-23H2,1-6H3. The maximum absolute atomic E-state index is 14.0. The van der Waals surface area contributed by atoms with Crippen LogP contribution in [0.4, 0.5) is 0 Å². The van der Waals surface area contributed by atoms with E-state index in [-0.39, 0.29) is 11.2 Å². The van der Waals surface area contributed by atoms with Gasteiger partial charge in [0.15, 0.2) is 0 Å². The van der Waals surface area contributed by atoms with Gasteiger partial charge in [0.2, 0.25) is 0 Å². The molecule has 0 saturated heterocycles. The quantitative estimate of drug-likeness (QED) is 0.210. The van der Waals surface area contributed by atoms with Gasteiger partial charge >= 0.3 is 0 Å². The van der Waals surface area contributed by atoms with Crippen molar-refractivity contribution in [2.45, 2.75) is 65.9 Å². The molecule has 0 amide bonds. The van der Waals surface area contributed by atoms with Gasteiger partial charge in [-0.25, -0.2) is 4.98 Å². The summed E-state index contributed by atoms with van der Waals surface area (Å²) >= 11 is 0. The van der Waals surface area contributed by atoms with Crippen LogP contribution in [0.2, 0.25) is 0 Å². The van der Waals surface area contributed by atoms with Crippen molar-refractivity contribution in [1.82, 2.24) is 9.55 Å². The van der Waals surface area contributed by atoms with Crippen LogP contribution >= 0.6 is 0 Å². The highest BCUT2D eigenvalue weighted by Crippen LogP contribution is 2.25. The van der Waals surface area contributed by atoms with Crippen LogP contribution in [0.3, 0.4) is 0 Å². The van der Waals surface area contributed by atoms with Crippen molar-refractivity contribution in [3.63, 3.8) is 0 Å². The van der Waals surface area contributed by atoms with Crippen molar-refractivity contribution in [2.24, 2.45) is 0 Å². The number of methoxy groups -OCH3 is 1. The normalized spacial score (nSPS) is 11.5. The number of nitrogens with zero attached hydrogens (tertiary/aromatic N) is 2. The fourth-order valence-corrected chi connectivity index (χ4v) is 4.68. The Kier molecular flexibility index (Phi) is 9.03. The van der Waals surface area contributed by atoms with Gasteiger partial charge in [-0.2, -0.15) is 0 Å². The van der Waals surface area contributed by atoms with Gasteiger partial charge in [0.05, 0.1) is 17.0 Å². The fourth-order valence-electron chi connectivity index (χ4n) is 4.68. The van der Waals surface area contributed by atoms with E-state index in [0.29, 0.717) is 19.4 Å². The zero-order valence-electron chi connectivity index (χ0n) is 24.1. The Morgan fingerprint density at radius 1 is 0.923 bits per heavy atom. The minimum Gasteiger partial charge on any atom is -0.491 e. The van der Waals surface area contributed by atoms with E-state index >= 15 is 0 Å². The van der Waals surface area contributed by atoms with E-state index in [9.17, 15) is 4.79 Å². The van der Waals surface area contributed by atoms with Crippen LogP contribution in [0, 0.1) is 6.92 Å². The maximum Gasteiger partial charge on any atom is 0.261 e. The average molecular weight is 525 g/mol. The van der Waals surface area contributed by atoms with Gasteiger partial charge in [0.25, 0.3) is 5.56 Å². The predicted octanol–water partition coefficient (Wildman–Crippen LogP) is 7.12. The molecule has 4 aromatic rings. The van der Waals surface area contributed by atoms with Crippen LogP contribution in [0.5, 0.6) is 5.75 Å². The summed E-state index contributed by atoms with van der Waals surface area (Å²) < 4.78 is 13.1. The molecular weight excluding hydrogens is 484 g/mol. The SMILES string of the molecule is CCCc1nc(CC)n(-c2ccc(OCC(C)(C)OC)cc2)c(=O)c1Cc1ccc(-c2ccccc2C)cc1. The number of aromatic nitrogens is 2. The topological polar surface area (TPSA) is 53.4 Å². The van der Waals surface area contributed by atoms with E-state index in [2.05, 4.69) is 62.4 Å². The molecule has 0 aliphatic carbocycles. The van der Waals surface area contributed by atoms with Crippen molar-refractivity contribution in [1.29, 1.82) is 0 Å². The number of aryl methyl sites for hydroxylation is 3. The lowest BCUT2D eigenvalue weighted by molar-refractivity contribution is -0.0146. The minimum absolute atomic E-state index is 0.00228. The summed E-state index contributed by atoms with van der Waals surface area (Å²) in [6.45, 7) is 10.7. The number of hydrogen-bond donors (Lipinski definition) is 0. The van der Waals surface area contributed by atoms with Crippen molar-refractivity contribution < 1.29 is 9.47 Å². The zero-order valence-corrected chi connectivity index (χ0v) is 24.1. The molecule has 0 N–H and O–H groups in total. The molecule has 0 radical (unpaired) electrons. The number of ether oxygens (including phenoxy) is 2. The number of rotatable bonds is 11. The Hall–Kier alpha value is -3.70. The highest BCUT2D eigenvalue weighted by Gasteiger charge is 2.19. The van der Waals surface area contributed by atoms with Crippen molar-refractivity contribution in [3.05, 3.63) is 111 Å². The molecule has 4 rings (SSSR count). The van der Waals surface area contributed by atoms with Crippen LogP contribution in [0.1, 0.15) is 62.3 Å². The molecular formula is C34H40N2O3. The van der Waals surface area contributed by atoms with Crippen LogP contribution in [0.15, 0.2) is 77.6 Å². The molecule has 1 heterocycles. The highest BCUT2D eigenvalue weighted by atomic mass is 16.5. The van der Waals surface area contributed by atoms with Gasteiger partial charge in [0.1, 0.15) is 18.2 Å². The largest absolute Gasteiger partial charge is 0.491 e. The molecule has 0 spiro atoms. The predicted molar refractivity (Wildman–Crippen MR) is 159 cm³/mol. The molecule has 0 fully saturated rings. The lowest BCUT2D eigenvalue weighted by atomic mass is 9.97. The number of hydrogen-bond acceptors (Lipinski definition) is 4. The number of benzene rings is 3. The average Bonchev–Trinajstić information content (AvgIpc) is 2.95. The smallest absolute Gasteiger partial charge is 0.261 e. The molecule has 0 bridgehead atoms. The van der Waals surface area contributed by atoms with Gasteiger partial charge in [-0.3, -0.25) is 9.36 Å². The Balaban J connectivity index is 1.67. The monoisotopic (exact) mass is 524 g/mol. The Morgan fingerprint density at radius 3 is 2.23 bits per heavy atom. The lowest BCUT2D eigenvalue weighted by Crippen LogP contribution is -2.31. The minimum atomic E-state index is -0.378. The zero-order chi connectivity index (χ0) is 28.0. The molecule has 5 nitrogen and oxygen atoms in total. The molecule has 0 aliphatic heterocycles. The molecule has 204 valence electrons. The summed E-state index contributed by atoms with van der Waals surface area (Å²) in [5, 5.41) is 0. The molecule has 5 heteroatoms. The summed E-state index contributed by atoms with van der Waals surface area (Å²) in [7, 11) is 1.68. The first kappa shape index (κ1) is 28.3. The Labute approximate surface area is 232 Å². The first-order valence-electron chi connectivity index (χ1n) is 13.8. The first-order chi connectivity index (χ1) is 18.8. The molecule has 0 atom stereocenters. The van der Waals surface area contributed by atoms with Gasteiger partial charge in [0, 0.05) is 25.5 Å². The summed E-state index contributed by atoms with van der Waals surface area (Å²) in [6.07, 6.45) is 2.93. The van der Waals surface area contributed by atoms with Crippen LogP contribution in [0.25, 0.3) is 16.8 Å². The van der Waals surface area contributed by atoms with E-state index in [1.54, 1.807) is 11.7 Å². The second-order valence-corrected chi connectivity index (χ2v) is 10.6. The Bertz CT molecular complexity index is 1450. The fraction of sp³-hybridized carbons (Fsp3) is 0.353. The van der Waals surface area contributed by atoms with Gasteiger partial charge in [-0.1, -0.05) is 68.8 Å². The van der Waals surface area contributed by atoms with E-state index < -0.39 is 0 Å². The maximum atomic E-state index is 14.0. The first-order valence-corrected chi connectivity index (χ1v) is 13.8. The van der Waals surface area contributed by atoms with Crippen molar-refractivity contribution in [3.8, 4) is 22.6 Å². The molecule has 0 aliphatic rings. The van der Waals surface area contributed by atoms with Crippen LogP contribution in [-0.2, 0) is 24.0 Å². The third-order valence-electron chi connectivity index (χ3n) is 7.16. The summed E-state index contributed by atoms with van der Waals surface area (Å²) in [5.74, 6) is 1.51. The van der Waals surface area contributed by atoms with Crippen LogP contribution < -0.4 is 10.3 Å². The third-order valence-corrected chi connectivity index (χ3v) is 7.16. The molecule has 3 aromatic carbocycles. The van der Waals surface area contributed by atoms with E-state index in [1.807, 2.05) is 45.0 Å². The summed E-state index contributed by atoms with van der Waals surface area (Å²) in [5.41, 5.74) is 6.84. The molecule has 1 aromatic heterocycles. The van der Waals surface area contributed by atoms with Crippen molar-refractivity contribution >= 4 is 0 Å². The van der Waals surface area contributed by atoms with Gasteiger partial charge in [-0.15, -0.1) is 0 Å². The molecule has 0 saturated carbocycles. The van der Waals surface area contributed by atoms with E-state index in [1.165, 1.54) is 16.7 Å². The van der Waals surface area contributed by atoms with E-state index in [0.717, 1.165) is 46.9 Å². The van der Waals surface area contributed by atoms with Gasteiger partial charge in [-0.05, 0) is 73.7 Å².